The van der Waals surface area contributed by atoms with Gasteiger partial charge in [0.15, 0.2) is 0 Å². The number of piperidine rings is 1. The Bertz CT molecular complexity index is 1150. The average Bonchev–Trinajstić information content (AvgIpc) is 2.85. The summed E-state index contributed by atoms with van der Waals surface area (Å²) >= 11 is 12.1. The Balaban J connectivity index is 1.27. The van der Waals surface area contributed by atoms with Gasteiger partial charge in [-0.3, -0.25) is 14.7 Å². The highest BCUT2D eigenvalue weighted by Crippen LogP contribution is 2.30. The SMILES string of the molecule is COC1(COc2ccc(Cl)c(Cl)c2)CCN(CC(=O)N(C)Cc2ccc3ncccc3c2)CC1. The number of nitrogens with zero attached hydrogens (tertiary/aromatic N) is 3. The van der Waals surface area contributed by atoms with E-state index in [4.69, 9.17) is 32.7 Å². The highest BCUT2D eigenvalue weighted by Gasteiger charge is 2.36. The summed E-state index contributed by atoms with van der Waals surface area (Å²) in [6, 6.07) is 15.3. The monoisotopic (exact) mass is 501 g/mol. The zero-order valence-corrected chi connectivity index (χ0v) is 21.0. The van der Waals surface area contributed by atoms with Gasteiger partial charge in [-0.25, -0.2) is 0 Å². The molecule has 0 radical (unpaired) electrons. The van der Waals surface area contributed by atoms with E-state index in [9.17, 15) is 4.79 Å². The van der Waals surface area contributed by atoms with Gasteiger partial charge in [-0.2, -0.15) is 0 Å². The molecule has 6 nitrogen and oxygen atoms in total. The van der Waals surface area contributed by atoms with Gasteiger partial charge in [-0.1, -0.05) is 35.3 Å². The number of benzene rings is 2. The molecular weight excluding hydrogens is 473 g/mol. The molecule has 0 aliphatic carbocycles. The van der Waals surface area contributed by atoms with E-state index in [-0.39, 0.29) is 5.91 Å². The molecule has 0 spiro atoms. The van der Waals surface area contributed by atoms with Gasteiger partial charge in [0.05, 0.1) is 22.1 Å². The molecule has 1 aromatic heterocycles. The second kappa shape index (κ2) is 10.9. The van der Waals surface area contributed by atoms with Crippen molar-refractivity contribution in [1.29, 1.82) is 0 Å². The number of rotatable bonds is 8. The number of ether oxygens (including phenoxy) is 2. The highest BCUT2D eigenvalue weighted by molar-refractivity contribution is 6.42. The Labute approximate surface area is 210 Å². The molecule has 180 valence electrons. The molecular formula is C26H29Cl2N3O3. The fourth-order valence-corrected chi connectivity index (χ4v) is 4.49. The molecule has 0 N–H and O–H groups in total. The third-order valence-electron chi connectivity index (χ3n) is 6.47. The first kappa shape index (κ1) is 24.7. The van der Waals surface area contributed by atoms with Crippen molar-refractivity contribution in [3.63, 3.8) is 0 Å². The number of methoxy groups -OCH3 is 1. The van der Waals surface area contributed by atoms with Crippen LogP contribution >= 0.6 is 23.2 Å². The highest BCUT2D eigenvalue weighted by atomic mass is 35.5. The van der Waals surface area contributed by atoms with Gasteiger partial charge >= 0.3 is 0 Å². The Morgan fingerprint density at radius 2 is 1.91 bits per heavy atom. The molecule has 8 heteroatoms. The van der Waals surface area contributed by atoms with Crippen LogP contribution in [0.15, 0.2) is 54.7 Å². The first-order valence-electron chi connectivity index (χ1n) is 11.3. The maximum Gasteiger partial charge on any atom is 0.236 e. The maximum atomic E-state index is 12.9. The van der Waals surface area contributed by atoms with Crippen molar-refractivity contribution in [3.8, 4) is 5.75 Å². The van der Waals surface area contributed by atoms with E-state index in [1.165, 1.54) is 0 Å². The van der Waals surface area contributed by atoms with Crippen molar-refractivity contribution < 1.29 is 14.3 Å². The van der Waals surface area contributed by atoms with Crippen LogP contribution in [0.5, 0.6) is 5.75 Å². The minimum Gasteiger partial charge on any atom is -0.491 e. The zero-order valence-electron chi connectivity index (χ0n) is 19.5. The molecule has 0 bridgehead atoms. The summed E-state index contributed by atoms with van der Waals surface area (Å²) < 4.78 is 11.8. The number of aromatic nitrogens is 1. The van der Waals surface area contributed by atoms with Crippen molar-refractivity contribution in [1.82, 2.24) is 14.8 Å². The van der Waals surface area contributed by atoms with Gasteiger partial charge in [-0.15, -0.1) is 0 Å². The van der Waals surface area contributed by atoms with Crippen LogP contribution in [0.2, 0.25) is 10.0 Å². The van der Waals surface area contributed by atoms with E-state index < -0.39 is 5.60 Å². The summed E-state index contributed by atoms with van der Waals surface area (Å²) in [5.74, 6) is 0.762. The largest absolute Gasteiger partial charge is 0.491 e. The number of carbonyl (C=O) groups excluding carboxylic acids is 1. The number of carbonyl (C=O) groups is 1. The summed E-state index contributed by atoms with van der Waals surface area (Å²) in [4.78, 5) is 21.2. The molecule has 34 heavy (non-hydrogen) atoms. The lowest BCUT2D eigenvalue weighted by Gasteiger charge is -2.40. The molecule has 3 aromatic rings. The molecule has 2 heterocycles. The summed E-state index contributed by atoms with van der Waals surface area (Å²) in [6.45, 7) is 2.90. The van der Waals surface area contributed by atoms with Crippen LogP contribution in [-0.4, -0.2) is 66.7 Å². The molecule has 0 saturated carbocycles. The summed E-state index contributed by atoms with van der Waals surface area (Å²) in [5, 5.41) is 2.04. The van der Waals surface area contributed by atoms with Crippen LogP contribution in [0, 0.1) is 0 Å². The topological polar surface area (TPSA) is 54.9 Å². The number of likely N-dealkylation sites (N-methyl/N-ethyl adjacent to an activating group) is 1. The quantitative estimate of drug-likeness (QED) is 0.431. The van der Waals surface area contributed by atoms with E-state index in [2.05, 4.69) is 16.0 Å². The molecule has 0 unspecified atom stereocenters. The van der Waals surface area contributed by atoms with Gasteiger partial charge in [0.1, 0.15) is 18.0 Å². The fourth-order valence-electron chi connectivity index (χ4n) is 4.21. The van der Waals surface area contributed by atoms with Crippen molar-refractivity contribution in [2.24, 2.45) is 0 Å². The first-order chi connectivity index (χ1) is 16.4. The van der Waals surface area contributed by atoms with Crippen LogP contribution < -0.4 is 4.74 Å². The van der Waals surface area contributed by atoms with Crippen molar-refractivity contribution in [2.45, 2.75) is 25.0 Å². The Kier molecular flexibility index (Phi) is 7.94. The second-order valence-corrected chi connectivity index (χ2v) is 9.62. The number of hydrogen-bond acceptors (Lipinski definition) is 5. The number of fused-ring (bicyclic) bond motifs is 1. The molecule has 1 aliphatic rings. The number of hydrogen-bond donors (Lipinski definition) is 0. The molecule has 2 aromatic carbocycles. The minimum absolute atomic E-state index is 0.100. The average molecular weight is 502 g/mol. The molecule has 4 rings (SSSR count). The van der Waals surface area contributed by atoms with Crippen molar-refractivity contribution in [2.75, 3.05) is 40.4 Å². The maximum absolute atomic E-state index is 12.9. The lowest BCUT2D eigenvalue weighted by atomic mass is 9.92. The number of pyridine rings is 1. The third-order valence-corrected chi connectivity index (χ3v) is 7.20. The van der Waals surface area contributed by atoms with Gasteiger partial charge in [-0.05, 0) is 48.7 Å². The normalized spacial score (nSPS) is 15.9. The number of halogens is 2. The second-order valence-electron chi connectivity index (χ2n) is 8.81. The van der Waals surface area contributed by atoms with Crippen LogP contribution in [0.1, 0.15) is 18.4 Å². The predicted octanol–water partition coefficient (Wildman–Crippen LogP) is 5.06. The Morgan fingerprint density at radius 3 is 2.65 bits per heavy atom. The van der Waals surface area contributed by atoms with E-state index in [1.54, 1.807) is 36.4 Å². The lowest BCUT2D eigenvalue weighted by molar-refractivity contribution is -0.134. The van der Waals surface area contributed by atoms with Crippen molar-refractivity contribution in [3.05, 3.63) is 70.3 Å². The third kappa shape index (κ3) is 5.99. The smallest absolute Gasteiger partial charge is 0.236 e. The van der Waals surface area contributed by atoms with Crippen LogP contribution in [0.3, 0.4) is 0 Å². The van der Waals surface area contributed by atoms with Crippen LogP contribution in [0.4, 0.5) is 0 Å². The Morgan fingerprint density at radius 1 is 1.12 bits per heavy atom. The number of amides is 1. The summed E-state index contributed by atoms with van der Waals surface area (Å²) in [6.07, 6.45) is 3.34. The van der Waals surface area contributed by atoms with Crippen LogP contribution in [0.25, 0.3) is 10.9 Å². The predicted molar refractivity (Wildman–Crippen MR) is 136 cm³/mol. The van der Waals surface area contributed by atoms with Gasteiger partial charge < -0.3 is 14.4 Å². The van der Waals surface area contributed by atoms with Gasteiger partial charge in [0, 0.05) is 51.4 Å². The molecule has 1 fully saturated rings. The summed E-state index contributed by atoms with van der Waals surface area (Å²) in [7, 11) is 3.57. The molecule has 1 aliphatic heterocycles. The van der Waals surface area contributed by atoms with Crippen LogP contribution in [-0.2, 0) is 16.1 Å². The fraction of sp³-hybridized carbons (Fsp3) is 0.385. The Hall–Kier alpha value is -2.38. The summed E-state index contributed by atoms with van der Waals surface area (Å²) in [5.41, 5.74) is 1.66. The van der Waals surface area contributed by atoms with E-state index in [0.29, 0.717) is 35.5 Å². The molecule has 1 amide bonds. The standard InChI is InChI=1S/C26H29Cl2N3O3/c1-30(16-19-5-8-24-20(14-19)4-3-11-29-24)25(32)17-31-12-9-26(33-2,10-13-31)18-34-21-6-7-22(27)23(28)15-21/h3-8,11,14-15H,9-10,12-13,16-18H2,1-2H3. The molecule has 1 saturated heterocycles. The zero-order chi connectivity index (χ0) is 24.1. The first-order valence-corrected chi connectivity index (χ1v) is 12.1. The van der Waals surface area contributed by atoms with Gasteiger partial charge in [0.25, 0.3) is 0 Å². The lowest BCUT2D eigenvalue weighted by Crippen LogP contribution is -2.51. The van der Waals surface area contributed by atoms with Gasteiger partial charge in [0.2, 0.25) is 5.91 Å². The molecule has 0 atom stereocenters. The van der Waals surface area contributed by atoms with Crippen molar-refractivity contribution >= 4 is 40.0 Å². The number of likely N-dealkylation sites (tertiary alicyclic amines) is 1. The van der Waals surface area contributed by atoms with E-state index >= 15 is 0 Å². The van der Waals surface area contributed by atoms with E-state index in [0.717, 1.165) is 42.4 Å². The van der Waals surface area contributed by atoms with E-state index in [1.807, 2.05) is 31.3 Å². The minimum atomic E-state index is -0.392.